The minimum absolute atomic E-state index is 0.336. The van der Waals surface area contributed by atoms with Gasteiger partial charge in [0.25, 0.3) is 0 Å². The molecule has 2 aromatic rings. The van der Waals surface area contributed by atoms with E-state index in [-0.39, 0.29) is 0 Å². The molecule has 0 bridgehead atoms. The first-order valence-corrected chi connectivity index (χ1v) is 7.47. The van der Waals surface area contributed by atoms with Crippen molar-refractivity contribution < 1.29 is 0 Å². The summed E-state index contributed by atoms with van der Waals surface area (Å²) in [5, 5.41) is 3.41. The Labute approximate surface area is 121 Å². The van der Waals surface area contributed by atoms with Crippen LogP contribution in [0.2, 0.25) is 0 Å². The third kappa shape index (κ3) is 2.75. The number of fused-ring (bicyclic) bond motifs is 1. The number of pyridine rings is 1. The van der Waals surface area contributed by atoms with E-state index in [1.807, 2.05) is 20.2 Å². The molecular formula is C18H22N2. The maximum absolute atomic E-state index is 4.41. The molecule has 1 aliphatic rings. The number of benzene rings is 1. The minimum atomic E-state index is 0.336. The van der Waals surface area contributed by atoms with E-state index in [2.05, 4.69) is 40.6 Å². The van der Waals surface area contributed by atoms with Gasteiger partial charge in [-0.3, -0.25) is 4.98 Å². The molecule has 1 aromatic carbocycles. The molecule has 1 N–H and O–H groups in total. The lowest BCUT2D eigenvalue weighted by molar-refractivity contribution is 0.589. The van der Waals surface area contributed by atoms with E-state index in [1.54, 1.807) is 11.1 Å². The zero-order valence-corrected chi connectivity index (χ0v) is 12.3. The number of rotatable bonds is 4. The van der Waals surface area contributed by atoms with E-state index >= 15 is 0 Å². The lowest BCUT2D eigenvalue weighted by Crippen LogP contribution is -2.19. The highest BCUT2D eigenvalue weighted by Crippen LogP contribution is 2.25. The fourth-order valence-corrected chi connectivity index (χ4v) is 3.06. The molecule has 0 saturated carbocycles. The van der Waals surface area contributed by atoms with Gasteiger partial charge in [-0.2, -0.15) is 0 Å². The topological polar surface area (TPSA) is 24.9 Å². The largest absolute Gasteiger partial charge is 0.313 e. The Morgan fingerprint density at radius 1 is 1.15 bits per heavy atom. The van der Waals surface area contributed by atoms with E-state index in [0.717, 1.165) is 12.1 Å². The Morgan fingerprint density at radius 3 is 2.75 bits per heavy atom. The number of hydrogen-bond acceptors (Lipinski definition) is 2. The molecule has 1 aliphatic carbocycles. The summed E-state index contributed by atoms with van der Waals surface area (Å²) in [6.07, 6.45) is 6.83. The number of likely N-dealkylation sites (N-methyl/N-ethyl adjacent to an activating group) is 1. The summed E-state index contributed by atoms with van der Waals surface area (Å²) in [7, 11) is 2.03. The molecule has 0 saturated heterocycles. The second kappa shape index (κ2) is 5.76. The molecular weight excluding hydrogens is 244 g/mol. The molecule has 2 heteroatoms. The fourth-order valence-electron chi connectivity index (χ4n) is 3.06. The Kier molecular flexibility index (Phi) is 3.83. The summed E-state index contributed by atoms with van der Waals surface area (Å²) >= 11 is 0. The van der Waals surface area contributed by atoms with Crippen LogP contribution in [-0.2, 0) is 19.3 Å². The standard InChI is InChI=1S/C18H22N2/c1-13-6-8-17(12-20-13)18(19-2)11-14-7-9-15-4-3-5-16(15)10-14/h6-10,12,18-19H,3-5,11H2,1-2H3. The van der Waals surface area contributed by atoms with Crippen molar-refractivity contribution in [1.29, 1.82) is 0 Å². The van der Waals surface area contributed by atoms with Crippen molar-refractivity contribution in [2.75, 3.05) is 7.05 Å². The molecule has 1 heterocycles. The van der Waals surface area contributed by atoms with Crippen LogP contribution in [0.5, 0.6) is 0 Å². The Hall–Kier alpha value is -1.67. The predicted molar refractivity (Wildman–Crippen MR) is 82.9 cm³/mol. The van der Waals surface area contributed by atoms with Crippen molar-refractivity contribution in [3.63, 3.8) is 0 Å². The van der Waals surface area contributed by atoms with Crippen LogP contribution in [0.4, 0.5) is 0 Å². The van der Waals surface area contributed by atoms with Crippen molar-refractivity contribution >= 4 is 0 Å². The first-order chi connectivity index (χ1) is 9.76. The molecule has 1 aromatic heterocycles. The van der Waals surface area contributed by atoms with Crippen LogP contribution < -0.4 is 5.32 Å². The van der Waals surface area contributed by atoms with E-state index < -0.39 is 0 Å². The average Bonchev–Trinajstić information content (AvgIpc) is 2.93. The van der Waals surface area contributed by atoms with Gasteiger partial charge in [0.2, 0.25) is 0 Å². The van der Waals surface area contributed by atoms with Crippen LogP contribution in [0.15, 0.2) is 36.5 Å². The van der Waals surface area contributed by atoms with Gasteiger partial charge in [0.15, 0.2) is 0 Å². The van der Waals surface area contributed by atoms with Crippen molar-refractivity contribution in [3.8, 4) is 0 Å². The third-order valence-electron chi connectivity index (χ3n) is 4.29. The average molecular weight is 266 g/mol. The summed E-state index contributed by atoms with van der Waals surface area (Å²) < 4.78 is 0. The highest BCUT2D eigenvalue weighted by atomic mass is 14.9. The van der Waals surface area contributed by atoms with E-state index in [0.29, 0.717) is 6.04 Å². The molecule has 20 heavy (non-hydrogen) atoms. The van der Waals surface area contributed by atoms with Crippen molar-refractivity contribution in [1.82, 2.24) is 10.3 Å². The Bertz CT molecular complexity index is 587. The van der Waals surface area contributed by atoms with E-state index in [1.165, 1.54) is 30.4 Å². The molecule has 104 valence electrons. The van der Waals surface area contributed by atoms with Crippen molar-refractivity contribution in [2.45, 2.75) is 38.6 Å². The van der Waals surface area contributed by atoms with Crippen LogP contribution in [0.25, 0.3) is 0 Å². The molecule has 0 fully saturated rings. The number of aromatic nitrogens is 1. The molecule has 0 radical (unpaired) electrons. The van der Waals surface area contributed by atoms with Crippen molar-refractivity contribution in [3.05, 3.63) is 64.5 Å². The van der Waals surface area contributed by atoms with Gasteiger partial charge in [-0.05, 0) is 68.0 Å². The number of aryl methyl sites for hydroxylation is 3. The number of hydrogen-bond donors (Lipinski definition) is 1. The SMILES string of the molecule is CNC(Cc1ccc2c(c1)CCC2)c1ccc(C)nc1. The van der Waals surface area contributed by atoms with Gasteiger partial charge in [-0.1, -0.05) is 24.3 Å². The lowest BCUT2D eigenvalue weighted by atomic mass is 9.97. The highest BCUT2D eigenvalue weighted by molar-refractivity contribution is 5.36. The first kappa shape index (κ1) is 13.3. The van der Waals surface area contributed by atoms with Crippen LogP contribution in [-0.4, -0.2) is 12.0 Å². The zero-order chi connectivity index (χ0) is 13.9. The Morgan fingerprint density at radius 2 is 2.00 bits per heavy atom. The maximum atomic E-state index is 4.41. The van der Waals surface area contributed by atoms with Crippen LogP contribution in [0, 0.1) is 6.92 Å². The molecule has 1 atom stereocenters. The van der Waals surface area contributed by atoms with Crippen molar-refractivity contribution in [2.24, 2.45) is 0 Å². The second-order valence-corrected chi connectivity index (χ2v) is 5.73. The summed E-state index contributed by atoms with van der Waals surface area (Å²) in [5.41, 5.74) is 6.86. The summed E-state index contributed by atoms with van der Waals surface area (Å²) in [6, 6.07) is 11.6. The monoisotopic (exact) mass is 266 g/mol. The fraction of sp³-hybridized carbons (Fsp3) is 0.389. The van der Waals surface area contributed by atoms with Crippen LogP contribution >= 0.6 is 0 Å². The third-order valence-corrected chi connectivity index (χ3v) is 4.29. The Balaban J connectivity index is 1.79. The summed E-state index contributed by atoms with van der Waals surface area (Å²) in [6.45, 7) is 2.03. The zero-order valence-electron chi connectivity index (χ0n) is 12.3. The van der Waals surface area contributed by atoms with Gasteiger partial charge in [0.1, 0.15) is 0 Å². The summed E-state index contributed by atoms with van der Waals surface area (Å²) in [5.74, 6) is 0. The van der Waals surface area contributed by atoms with Gasteiger partial charge in [-0.15, -0.1) is 0 Å². The molecule has 3 rings (SSSR count). The molecule has 0 aliphatic heterocycles. The minimum Gasteiger partial charge on any atom is -0.313 e. The highest BCUT2D eigenvalue weighted by Gasteiger charge is 2.14. The van der Waals surface area contributed by atoms with Gasteiger partial charge in [-0.25, -0.2) is 0 Å². The van der Waals surface area contributed by atoms with Gasteiger partial charge in [0, 0.05) is 17.9 Å². The van der Waals surface area contributed by atoms with Gasteiger partial charge < -0.3 is 5.32 Å². The number of nitrogens with one attached hydrogen (secondary N) is 1. The smallest absolute Gasteiger partial charge is 0.0373 e. The normalized spacial score (nSPS) is 15.1. The van der Waals surface area contributed by atoms with Gasteiger partial charge in [0.05, 0.1) is 0 Å². The quantitative estimate of drug-likeness (QED) is 0.917. The first-order valence-electron chi connectivity index (χ1n) is 7.47. The van der Waals surface area contributed by atoms with Crippen LogP contribution in [0.1, 0.15) is 40.4 Å². The predicted octanol–water partition coefficient (Wildman–Crippen LogP) is 3.38. The van der Waals surface area contributed by atoms with E-state index in [4.69, 9.17) is 0 Å². The van der Waals surface area contributed by atoms with E-state index in [9.17, 15) is 0 Å². The lowest BCUT2D eigenvalue weighted by Gasteiger charge is -2.17. The second-order valence-electron chi connectivity index (χ2n) is 5.73. The molecule has 1 unspecified atom stereocenters. The van der Waals surface area contributed by atoms with Gasteiger partial charge >= 0.3 is 0 Å². The summed E-state index contributed by atoms with van der Waals surface area (Å²) in [4.78, 5) is 4.41. The van der Waals surface area contributed by atoms with Crippen LogP contribution in [0.3, 0.4) is 0 Å². The molecule has 2 nitrogen and oxygen atoms in total. The maximum Gasteiger partial charge on any atom is 0.0373 e. The molecule has 0 spiro atoms. The number of nitrogens with zero attached hydrogens (tertiary/aromatic N) is 1. The molecule has 0 amide bonds.